The molecule has 0 aliphatic heterocycles. The van der Waals surface area contributed by atoms with Gasteiger partial charge >= 0.3 is 11.9 Å². The molecule has 46 heavy (non-hydrogen) atoms. The van der Waals surface area contributed by atoms with Crippen LogP contribution >= 0.6 is 0 Å². The molecule has 0 heterocycles. The molecule has 9 atom stereocenters. The molecule has 0 bridgehead atoms. The first kappa shape index (κ1) is 36.8. The van der Waals surface area contributed by atoms with Gasteiger partial charge in [-0.3, -0.25) is 14.4 Å². The molecule has 4 aliphatic carbocycles. The van der Waals surface area contributed by atoms with Crippen molar-refractivity contribution >= 4 is 17.7 Å². The van der Waals surface area contributed by atoms with E-state index in [0.29, 0.717) is 24.0 Å². The van der Waals surface area contributed by atoms with Crippen molar-refractivity contribution in [2.45, 2.75) is 148 Å². The molecule has 0 unspecified atom stereocenters. The standard InChI is InChI=1S/C38H60O8/c1-6-7-8-9-10-11-12-13-14-15-16-17-18-19-32(42)45-35-26(3)37(44)30-20-25(2)33(43)29(30)21-28(23-39)22-31(37)34-36(5,24-40)38(34,35)46-27(4)41/h20,22,26,29-31,34-35,39-40,44H,6-19,21,23-24H2,1-5H3/t26-,29-,30+,31+,34+,35-,36+,37+,38+/m0/s1. The Labute approximate surface area is 276 Å². The Balaban J connectivity index is 1.43. The van der Waals surface area contributed by atoms with E-state index in [9.17, 15) is 29.7 Å². The van der Waals surface area contributed by atoms with Gasteiger partial charge < -0.3 is 24.8 Å². The average molecular weight is 645 g/mol. The van der Waals surface area contributed by atoms with Crippen LogP contribution in [0.1, 0.15) is 131 Å². The SMILES string of the molecule is CCCCCCCCCCCCCCCC(=O)O[C@H]1[C@H](C)[C@@]2(O)[C@@H]3C=C(C)C(=O)[C@H]3CC(CO)=C[C@@H]2[C@H]2[C@]1(OC(C)=O)[C@]2(C)CO. The summed E-state index contributed by atoms with van der Waals surface area (Å²) in [6.45, 7) is 8.29. The molecule has 0 saturated heterocycles. The van der Waals surface area contributed by atoms with Gasteiger partial charge in [-0.2, -0.15) is 0 Å². The number of unbranched alkanes of at least 4 members (excludes halogenated alkanes) is 12. The van der Waals surface area contributed by atoms with E-state index in [-0.39, 0.29) is 25.4 Å². The van der Waals surface area contributed by atoms with E-state index in [1.165, 1.54) is 64.7 Å². The molecule has 2 fully saturated rings. The first-order valence-corrected chi connectivity index (χ1v) is 18.2. The Morgan fingerprint density at radius 1 is 0.913 bits per heavy atom. The number of esters is 2. The summed E-state index contributed by atoms with van der Waals surface area (Å²) in [5, 5.41) is 33.7. The molecule has 260 valence electrons. The number of ketones is 1. The molecule has 3 N–H and O–H groups in total. The van der Waals surface area contributed by atoms with Crippen molar-refractivity contribution in [2.75, 3.05) is 13.2 Å². The fourth-order valence-corrected chi connectivity index (χ4v) is 9.51. The fourth-order valence-electron chi connectivity index (χ4n) is 9.51. The number of carbonyl (C=O) groups excluding carboxylic acids is 3. The summed E-state index contributed by atoms with van der Waals surface area (Å²) in [5.74, 6) is -4.07. The van der Waals surface area contributed by atoms with Crippen LogP contribution in [-0.2, 0) is 23.9 Å². The van der Waals surface area contributed by atoms with Crippen molar-refractivity contribution in [1.29, 1.82) is 0 Å². The number of hydrogen-bond donors (Lipinski definition) is 3. The number of Topliss-reactive ketones (excluding diaryl/α,β-unsaturated/α-hetero) is 1. The largest absolute Gasteiger partial charge is 0.458 e. The highest BCUT2D eigenvalue weighted by Gasteiger charge is 2.88. The molecule has 0 radical (unpaired) electrons. The zero-order valence-corrected chi connectivity index (χ0v) is 29.0. The van der Waals surface area contributed by atoms with E-state index >= 15 is 0 Å². The van der Waals surface area contributed by atoms with Crippen LogP contribution in [0.2, 0.25) is 0 Å². The third-order valence-electron chi connectivity index (χ3n) is 12.1. The molecule has 8 nitrogen and oxygen atoms in total. The maximum Gasteiger partial charge on any atom is 0.306 e. The summed E-state index contributed by atoms with van der Waals surface area (Å²) in [6.07, 6.45) is 18.8. The van der Waals surface area contributed by atoms with Gasteiger partial charge in [0.25, 0.3) is 0 Å². The van der Waals surface area contributed by atoms with Gasteiger partial charge in [0.05, 0.1) is 18.8 Å². The predicted molar refractivity (Wildman–Crippen MR) is 177 cm³/mol. The van der Waals surface area contributed by atoms with Gasteiger partial charge in [0.15, 0.2) is 11.4 Å². The maximum atomic E-state index is 13.4. The Morgan fingerprint density at radius 2 is 1.48 bits per heavy atom. The molecule has 4 rings (SSSR count). The van der Waals surface area contributed by atoms with E-state index in [1.54, 1.807) is 13.8 Å². The van der Waals surface area contributed by atoms with E-state index in [1.807, 2.05) is 19.1 Å². The predicted octanol–water partition coefficient (Wildman–Crippen LogP) is 6.39. The second kappa shape index (κ2) is 15.5. The van der Waals surface area contributed by atoms with Crippen LogP contribution < -0.4 is 0 Å². The van der Waals surface area contributed by atoms with Crippen LogP contribution in [0.15, 0.2) is 23.3 Å². The smallest absolute Gasteiger partial charge is 0.306 e. The number of aliphatic hydroxyl groups excluding tert-OH is 2. The molecule has 0 amide bonds. The second-order valence-electron chi connectivity index (χ2n) is 15.1. The second-order valence-corrected chi connectivity index (χ2v) is 15.1. The van der Waals surface area contributed by atoms with Gasteiger partial charge in [-0.05, 0) is 30.9 Å². The molecule has 0 aromatic rings. The average Bonchev–Trinajstić information content (AvgIpc) is 3.47. The Kier molecular flexibility index (Phi) is 12.4. The molecular weight excluding hydrogens is 584 g/mol. The highest BCUT2D eigenvalue weighted by Crippen LogP contribution is 2.76. The van der Waals surface area contributed by atoms with Gasteiger partial charge in [-0.25, -0.2) is 0 Å². The van der Waals surface area contributed by atoms with E-state index in [0.717, 1.165) is 19.3 Å². The highest BCUT2D eigenvalue weighted by molar-refractivity contribution is 6.00. The maximum absolute atomic E-state index is 13.4. The molecule has 0 aromatic heterocycles. The third kappa shape index (κ3) is 6.78. The first-order valence-electron chi connectivity index (χ1n) is 18.2. The van der Waals surface area contributed by atoms with E-state index in [2.05, 4.69) is 6.92 Å². The minimum absolute atomic E-state index is 0.0564. The van der Waals surface area contributed by atoms with Crippen LogP contribution in [0.5, 0.6) is 0 Å². The van der Waals surface area contributed by atoms with E-state index in [4.69, 9.17) is 9.47 Å². The van der Waals surface area contributed by atoms with Crippen LogP contribution in [-0.4, -0.2) is 63.6 Å². The monoisotopic (exact) mass is 644 g/mol. The van der Waals surface area contributed by atoms with Crippen molar-refractivity contribution in [3.63, 3.8) is 0 Å². The molecule has 2 saturated carbocycles. The summed E-state index contributed by atoms with van der Waals surface area (Å²) in [7, 11) is 0. The Hall–Kier alpha value is -2.03. The van der Waals surface area contributed by atoms with Gasteiger partial charge in [0.1, 0.15) is 6.10 Å². The fraction of sp³-hybridized carbons (Fsp3) is 0.816. The Morgan fingerprint density at radius 3 is 2.00 bits per heavy atom. The zero-order chi connectivity index (χ0) is 33.7. The summed E-state index contributed by atoms with van der Waals surface area (Å²) in [4.78, 5) is 39.2. The molecule has 0 spiro atoms. The number of aliphatic hydroxyl groups is 3. The van der Waals surface area contributed by atoms with Gasteiger partial charge in [0, 0.05) is 48.3 Å². The van der Waals surface area contributed by atoms with Crippen molar-refractivity contribution in [3.8, 4) is 0 Å². The lowest BCUT2D eigenvalue weighted by Crippen LogP contribution is -2.63. The molecule has 0 aromatic carbocycles. The zero-order valence-electron chi connectivity index (χ0n) is 29.0. The highest BCUT2D eigenvalue weighted by atomic mass is 16.6. The summed E-state index contributed by atoms with van der Waals surface area (Å²) >= 11 is 0. The number of rotatable bonds is 18. The minimum Gasteiger partial charge on any atom is -0.458 e. The molecule has 8 heteroatoms. The lowest BCUT2D eigenvalue weighted by Gasteiger charge is -2.52. The number of ether oxygens (including phenoxy) is 2. The number of allylic oxidation sites excluding steroid dienone is 1. The minimum atomic E-state index is -1.53. The quantitative estimate of drug-likeness (QED) is 0.0889. The van der Waals surface area contributed by atoms with Crippen LogP contribution in [0, 0.1) is 35.0 Å². The normalized spacial score (nSPS) is 36.1. The van der Waals surface area contributed by atoms with Gasteiger partial charge in [0.2, 0.25) is 0 Å². The lowest BCUT2D eigenvalue weighted by atomic mass is 9.60. The van der Waals surface area contributed by atoms with Crippen molar-refractivity contribution in [3.05, 3.63) is 23.3 Å². The van der Waals surface area contributed by atoms with Gasteiger partial charge in [-0.15, -0.1) is 0 Å². The number of hydrogen-bond acceptors (Lipinski definition) is 8. The summed E-state index contributed by atoms with van der Waals surface area (Å²) < 4.78 is 12.3. The topological polar surface area (TPSA) is 130 Å². The molecule has 4 aliphatic rings. The number of fused-ring (bicyclic) bond motifs is 5. The summed E-state index contributed by atoms with van der Waals surface area (Å²) in [6, 6.07) is 0. The Bertz CT molecular complexity index is 1160. The first-order chi connectivity index (χ1) is 21.9. The van der Waals surface area contributed by atoms with Crippen molar-refractivity contribution < 1.29 is 39.2 Å². The lowest BCUT2D eigenvalue weighted by molar-refractivity contribution is -0.220. The van der Waals surface area contributed by atoms with Gasteiger partial charge in [-0.1, -0.05) is 110 Å². The van der Waals surface area contributed by atoms with Crippen LogP contribution in [0.4, 0.5) is 0 Å². The van der Waals surface area contributed by atoms with Crippen molar-refractivity contribution in [1.82, 2.24) is 0 Å². The van der Waals surface area contributed by atoms with Crippen molar-refractivity contribution in [2.24, 2.45) is 35.0 Å². The third-order valence-corrected chi connectivity index (χ3v) is 12.1. The number of carbonyl (C=O) groups is 3. The summed E-state index contributed by atoms with van der Waals surface area (Å²) in [5.41, 5.74) is -2.66. The van der Waals surface area contributed by atoms with E-state index < -0.39 is 64.2 Å². The van der Waals surface area contributed by atoms with Crippen LogP contribution in [0.3, 0.4) is 0 Å². The van der Waals surface area contributed by atoms with Crippen LogP contribution in [0.25, 0.3) is 0 Å². The molecular formula is C38H60O8.